The molecule has 1 aromatic heterocycles. The number of aromatic nitrogens is 1. The van der Waals surface area contributed by atoms with Crippen LogP contribution in [-0.2, 0) is 9.59 Å². The van der Waals surface area contributed by atoms with Gasteiger partial charge < -0.3 is 15.4 Å². The molecule has 124 valence electrons. The van der Waals surface area contributed by atoms with Crippen molar-refractivity contribution >= 4 is 23.5 Å². The molecule has 0 aliphatic carbocycles. The van der Waals surface area contributed by atoms with Gasteiger partial charge in [0.25, 0.3) is 5.91 Å². The Bertz CT molecular complexity index is 626. The van der Waals surface area contributed by atoms with E-state index in [0.29, 0.717) is 23.3 Å². The highest BCUT2D eigenvalue weighted by atomic mass is 16.5. The molecule has 1 fully saturated rings. The van der Waals surface area contributed by atoms with Gasteiger partial charge in [0.05, 0.1) is 0 Å². The van der Waals surface area contributed by atoms with E-state index < -0.39 is 6.10 Å². The molecule has 2 N–H and O–H groups in total. The number of nitrogen functional groups attached to an aromatic ring is 1. The summed E-state index contributed by atoms with van der Waals surface area (Å²) in [6.07, 6.45) is 1.37. The van der Waals surface area contributed by atoms with Gasteiger partial charge in [0.2, 0.25) is 5.91 Å². The molecule has 1 atom stereocenters. The topological polar surface area (TPSA) is 88.8 Å². The third-order valence-electron chi connectivity index (χ3n) is 4.46. The van der Waals surface area contributed by atoms with Crippen molar-refractivity contribution in [3.63, 3.8) is 0 Å². The Kier molecular flexibility index (Phi) is 4.11. The number of pyridine rings is 1. The first-order chi connectivity index (χ1) is 11.0. The Morgan fingerprint density at radius 2 is 2.04 bits per heavy atom. The predicted octanol–water partition coefficient (Wildman–Crippen LogP) is 1.04. The van der Waals surface area contributed by atoms with E-state index in [4.69, 9.17) is 10.5 Å². The first-order valence-corrected chi connectivity index (χ1v) is 7.98. The number of anilines is 2. The molecule has 3 rings (SSSR count). The van der Waals surface area contributed by atoms with Crippen LogP contribution in [0.3, 0.4) is 0 Å². The number of hydrogen-bond donors (Lipinski definition) is 1. The number of carbonyl (C=O) groups excluding carboxylic acids is 2. The molecule has 2 aliphatic heterocycles. The standard InChI is InChI=1S/C16H22N4O3/c1-10-5-7-19(8-6-10)14(21)9-20-15-12(3-4-13(17)18-15)23-11(2)16(20)22/h3-4,10-11H,5-9H2,1-2H3,(H2,17,18). The molecular formula is C16H22N4O3. The molecule has 0 aromatic carbocycles. The number of amides is 2. The van der Waals surface area contributed by atoms with Crippen LogP contribution in [0.4, 0.5) is 11.6 Å². The van der Waals surface area contributed by atoms with Crippen molar-refractivity contribution in [2.45, 2.75) is 32.8 Å². The van der Waals surface area contributed by atoms with Crippen LogP contribution in [-0.4, -0.2) is 47.4 Å². The summed E-state index contributed by atoms with van der Waals surface area (Å²) >= 11 is 0. The smallest absolute Gasteiger partial charge is 0.269 e. The lowest BCUT2D eigenvalue weighted by molar-refractivity contribution is -0.134. The second kappa shape index (κ2) is 6.06. The monoisotopic (exact) mass is 318 g/mol. The van der Waals surface area contributed by atoms with E-state index in [1.165, 1.54) is 4.90 Å². The van der Waals surface area contributed by atoms with Gasteiger partial charge in [0.15, 0.2) is 17.7 Å². The second-order valence-corrected chi connectivity index (χ2v) is 6.31. The summed E-state index contributed by atoms with van der Waals surface area (Å²) in [6, 6.07) is 3.30. The minimum Gasteiger partial charge on any atom is -0.477 e. The van der Waals surface area contributed by atoms with Gasteiger partial charge in [-0.2, -0.15) is 0 Å². The number of carbonyl (C=O) groups is 2. The van der Waals surface area contributed by atoms with E-state index in [1.54, 1.807) is 19.1 Å². The molecule has 0 radical (unpaired) electrons. The van der Waals surface area contributed by atoms with Crippen molar-refractivity contribution in [2.24, 2.45) is 5.92 Å². The van der Waals surface area contributed by atoms with Crippen molar-refractivity contribution < 1.29 is 14.3 Å². The van der Waals surface area contributed by atoms with E-state index >= 15 is 0 Å². The zero-order valence-corrected chi connectivity index (χ0v) is 13.5. The van der Waals surface area contributed by atoms with Crippen LogP contribution in [0, 0.1) is 5.92 Å². The summed E-state index contributed by atoms with van der Waals surface area (Å²) in [6.45, 7) is 5.32. The van der Waals surface area contributed by atoms with Crippen LogP contribution in [0.5, 0.6) is 5.75 Å². The minimum absolute atomic E-state index is 0.0234. The summed E-state index contributed by atoms with van der Waals surface area (Å²) in [4.78, 5) is 32.4. The third-order valence-corrected chi connectivity index (χ3v) is 4.46. The number of hydrogen-bond acceptors (Lipinski definition) is 5. The van der Waals surface area contributed by atoms with Gasteiger partial charge in [-0.05, 0) is 37.8 Å². The number of rotatable bonds is 2. The fraction of sp³-hybridized carbons (Fsp3) is 0.562. The van der Waals surface area contributed by atoms with Crippen molar-refractivity contribution in [1.29, 1.82) is 0 Å². The zero-order valence-electron chi connectivity index (χ0n) is 13.5. The molecule has 0 bridgehead atoms. The van der Waals surface area contributed by atoms with Gasteiger partial charge in [-0.15, -0.1) is 0 Å². The van der Waals surface area contributed by atoms with Gasteiger partial charge in [-0.1, -0.05) is 6.92 Å². The normalized spacial score (nSPS) is 21.8. The molecule has 0 spiro atoms. The maximum Gasteiger partial charge on any atom is 0.269 e. The fourth-order valence-electron chi connectivity index (χ4n) is 2.95. The number of nitrogens with zero attached hydrogens (tertiary/aromatic N) is 3. The number of piperidine rings is 1. The quantitative estimate of drug-likeness (QED) is 0.880. The molecular weight excluding hydrogens is 296 g/mol. The van der Waals surface area contributed by atoms with E-state index in [9.17, 15) is 9.59 Å². The highest BCUT2D eigenvalue weighted by Crippen LogP contribution is 2.33. The lowest BCUT2D eigenvalue weighted by atomic mass is 9.99. The van der Waals surface area contributed by atoms with E-state index in [-0.39, 0.29) is 18.4 Å². The van der Waals surface area contributed by atoms with Crippen molar-refractivity contribution in [2.75, 3.05) is 30.3 Å². The third kappa shape index (κ3) is 3.09. The minimum atomic E-state index is -0.637. The van der Waals surface area contributed by atoms with E-state index in [1.807, 2.05) is 4.90 Å². The van der Waals surface area contributed by atoms with Crippen molar-refractivity contribution in [3.8, 4) is 5.75 Å². The summed E-state index contributed by atoms with van der Waals surface area (Å²) < 4.78 is 5.54. The average molecular weight is 318 g/mol. The van der Waals surface area contributed by atoms with Crippen LogP contribution in [0.15, 0.2) is 12.1 Å². The summed E-state index contributed by atoms with van der Waals surface area (Å²) in [5.74, 6) is 1.41. The average Bonchev–Trinajstić information content (AvgIpc) is 2.53. The highest BCUT2D eigenvalue weighted by molar-refractivity contribution is 6.02. The molecule has 2 aliphatic rings. The summed E-state index contributed by atoms with van der Waals surface area (Å²) in [7, 11) is 0. The first-order valence-electron chi connectivity index (χ1n) is 7.98. The Morgan fingerprint density at radius 1 is 1.35 bits per heavy atom. The number of likely N-dealkylation sites (tertiary alicyclic amines) is 1. The van der Waals surface area contributed by atoms with E-state index in [0.717, 1.165) is 25.9 Å². The lowest BCUT2D eigenvalue weighted by Crippen LogP contribution is -2.51. The van der Waals surface area contributed by atoms with Crippen LogP contribution in [0.25, 0.3) is 0 Å². The van der Waals surface area contributed by atoms with Gasteiger partial charge in [-0.25, -0.2) is 4.98 Å². The van der Waals surface area contributed by atoms with E-state index in [2.05, 4.69) is 11.9 Å². The van der Waals surface area contributed by atoms with Crippen LogP contribution >= 0.6 is 0 Å². The molecule has 1 aromatic rings. The summed E-state index contributed by atoms with van der Waals surface area (Å²) in [5.41, 5.74) is 5.71. The molecule has 2 amide bonds. The Morgan fingerprint density at radius 3 is 2.74 bits per heavy atom. The molecule has 7 nitrogen and oxygen atoms in total. The van der Waals surface area contributed by atoms with Crippen LogP contribution < -0.4 is 15.4 Å². The van der Waals surface area contributed by atoms with Gasteiger partial charge in [-0.3, -0.25) is 14.5 Å². The SMILES string of the molecule is CC1CCN(C(=O)CN2C(=O)C(C)Oc3ccc(N)nc32)CC1. The van der Waals surface area contributed by atoms with Crippen LogP contribution in [0.1, 0.15) is 26.7 Å². The number of nitrogens with two attached hydrogens (primary N) is 1. The summed E-state index contributed by atoms with van der Waals surface area (Å²) in [5, 5.41) is 0. The molecule has 7 heteroatoms. The maximum absolute atomic E-state index is 12.6. The Labute approximate surface area is 135 Å². The maximum atomic E-state index is 12.6. The molecule has 23 heavy (non-hydrogen) atoms. The predicted molar refractivity (Wildman–Crippen MR) is 86.1 cm³/mol. The van der Waals surface area contributed by atoms with Gasteiger partial charge in [0, 0.05) is 13.1 Å². The first kappa shape index (κ1) is 15.6. The molecule has 0 saturated carbocycles. The molecule has 3 heterocycles. The lowest BCUT2D eigenvalue weighted by Gasteiger charge is -2.35. The van der Waals surface area contributed by atoms with Crippen molar-refractivity contribution in [3.05, 3.63) is 12.1 Å². The fourth-order valence-corrected chi connectivity index (χ4v) is 2.95. The zero-order chi connectivity index (χ0) is 16.6. The largest absolute Gasteiger partial charge is 0.477 e. The second-order valence-electron chi connectivity index (χ2n) is 6.31. The van der Waals surface area contributed by atoms with Crippen molar-refractivity contribution in [1.82, 2.24) is 9.88 Å². The Balaban J connectivity index is 1.80. The molecule has 1 saturated heterocycles. The Hall–Kier alpha value is -2.31. The van der Waals surface area contributed by atoms with Gasteiger partial charge >= 0.3 is 0 Å². The number of ether oxygens (including phenoxy) is 1. The highest BCUT2D eigenvalue weighted by Gasteiger charge is 2.35. The number of fused-ring (bicyclic) bond motifs is 1. The van der Waals surface area contributed by atoms with Gasteiger partial charge in [0.1, 0.15) is 12.4 Å². The van der Waals surface area contributed by atoms with Crippen LogP contribution in [0.2, 0.25) is 0 Å². The molecule has 1 unspecified atom stereocenters.